The Hall–Kier alpha value is -4.22. The molecule has 0 bridgehead atoms. The topological polar surface area (TPSA) is 101 Å². The summed E-state index contributed by atoms with van der Waals surface area (Å²) in [5.74, 6) is 2.19. The summed E-state index contributed by atoms with van der Waals surface area (Å²) in [6.07, 6.45) is 4.61. The van der Waals surface area contributed by atoms with Gasteiger partial charge in [-0.2, -0.15) is 5.26 Å². The van der Waals surface area contributed by atoms with Crippen LogP contribution >= 0.6 is 0 Å². The first-order valence-corrected chi connectivity index (χ1v) is 15.2. The van der Waals surface area contributed by atoms with Gasteiger partial charge in [-0.25, -0.2) is 0 Å². The molecule has 0 radical (unpaired) electrons. The molecule has 226 valence electrons. The number of hydrogen-bond donors (Lipinski definition) is 1. The Morgan fingerprint density at radius 2 is 1.84 bits per heavy atom. The Bertz CT molecular complexity index is 1480. The van der Waals surface area contributed by atoms with E-state index in [9.17, 15) is 9.90 Å². The number of carbonyl (C=O) groups is 1. The second-order valence-electron chi connectivity index (χ2n) is 11.2. The lowest BCUT2D eigenvalue weighted by Gasteiger charge is -2.33. The van der Waals surface area contributed by atoms with Crippen molar-refractivity contribution in [2.75, 3.05) is 26.4 Å². The molecule has 0 spiro atoms. The third kappa shape index (κ3) is 7.41. The lowest BCUT2D eigenvalue weighted by Crippen LogP contribution is -2.44. The molecule has 2 aliphatic heterocycles. The quantitative estimate of drug-likeness (QED) is 0.231. The number of benzene rings is 3. The van der Waals surface area contributed by atoms with Gasteiger partial charge >= 0.3 is 5.97 Å². The summed E-state index contributed by atoms with van der Waals surface area (Å²) in [6, 6.07) is 18.0. The van der Waals surface area contributed by atoms with E-state index in [1.807, 2.05) is 36.1 Å². The van der Waals surface area contributed by atoms with Gasteiger partial charge < -0.3 is 24.1 Å². The van der Waals surface area contributed by atoms with Gasteiger partial charge in [0.1, 0.15) is 37.4 Å². The van der Waals surface area contributed by atoms with Crippen LogP contribution < -0.4 is 18.9 Å². The van der Waals surface area contributed by atoms with E-state index in [0.717, 1.165) is 82.9 Å². The summed E-state index contributed by atoms with van der Waals surface area (Å²) < 4.78 is 24.1. The van der Waals surface area contributed by atoms with Crippen molar-refractivity contribution in [1.82, 2.24) is 4.90 Å². The van der Waals surface area contributed by atoms with Gasteiger partial charge in [-0.05, 0) is 92.1 Å². The number of hydrogen-bond acceptors (Lipinski definition) is 7. The van der Waals surface area contributed by atoms with E-state index in [-0.39, 0.29) is 0 Å². The molecule has 0 saturated carbocycles. The van der Waals surface area contributed by atoms with Crippen LogP contribution in [0.25, 0.3) is 11.1 Å². The van der Waals surface area contributed by atoms with Crippen LogP contribution in [0.5, 0.6) is 23.0 Å². The molecule has 3 aromatic rings. The van der Waals surface area contributed by atoms with Gasteiger partial charge in [-0.3, -0.25) is 9.69 Å². The fraction of sp³-hybridized carbons (Fsp3) is 0.429. The molecule has 2 aliphatic rings. The Kier molecular flexibility index (Phi) is 10.1. The Balaban J connectivity index is 1.35. The fourth-order valence-corrected chi connectivity index (χ4v) is 5.83. The van der Waals surface area contributed by atoms with E-state index < -0.39 is 12.0 Å². The second-order valence-corrected chi connectivity index (χ2v) is 11.2. The van der Waals surface area contributed by atoms with Crippen molar-refractivity contribution in [1.29, 1.82) is 5.26 Å². The number of fused-ring (bicyclic) bond motifs is 1. The van der Waals surface area contributed by atoms with E-state index in [1.165, 1.54) is 0 Å². The number of nitrogens with zero attached hydrogens (tertiary/aromatic N) is 2. The highest BCUT2D eigenvalue weighted by atomic mass is 16.6. The number of piperidine rings is 1. The average molecular weight is 585 g/mol. The first-order chi connectivity index (χ1) is 20.9. The molecule has 0 aromatic heterocycles. The number of likely N-dealkylation sites (tertiary alicyclic amines) is 1. The number of rotatable bonds is 12. The van der Waals surface area contributed by atoms with Gasteiger partial charge in [0.05, 0.1) is 12.7 Å². The van der Waals surface area contributed by atoms with Gasteiger partial charge in [0.15, 0.2) is 11.5 Å². The molecule has 1 saturated heterocycles. The number of unbranched alkanes of at least 4 members (excludes halogenated alkanes) is 2. The molecule has 5 rings (SSSR count). The SMILES string of the molecule is Cc1cc(CN2CCCC[C@H]2C(=O)O)c(OCCCCC#N)cc1OCc1cccc(-c2ccc3c(c2)OCCO3)c1C. The van der Waals surface area contributed by atoms with Crippen LogP contribution in [-0.2, 0) is 17.9 Å². The van der Waals surface area contributed by atoms with Crippen molar-refractivity contribution in [2.24, 2.45) is 0 Å². The second kappa shape index (κ2) is 14.3. The van der Waals surface area contributed by atoms with Crippen LogP contribution in [0.2, 0.25) is 0 Å². The molecular weight excluding hydrogens is 544 g/mol. The van der Waals surface area contributed by atoms with Gasteiger partial charge in [-0.15, -0.1) is 0 Å². The van der Waals surface area contributed by atoms with Gasteiger partial charge in [-0.1, -0.05) is 30.7 Å². The molecule has 1 N–H and O–H groups in total. The van der Waals surface area contributed by atoms with Crippen LogP contribution in [0.1, 0.15) is 60.8 Å². The van der Waals surface area contributed by atoms with Gasteiger partial charge in [0, 0.05) is 24.6 Å². The minimum Gasteiger partial charge on any atom is -0.493 e. The Morgan fingerprint density at radius 1 is 1.00 bits per heavy atom. The van der Waals surface area contributed by atoms with E-state index in [4.69, 9.17) is 24.2 Å². The van der Waals surface area contributed by atoms with Crippen molar-refractivity contribution in [3.05, 3.63) is 70.8 Å². The monoisotopic (exact) mass is 584 g/mol. The molecule has 0 amide bonds. The number of carboxylic acid groups (broad SMARTS) is 1. The maximum Gasteiger partial charge on any atom is 0.320 e. The van der Waals surface area contributed by atoms with Gasteiger partial charge in [0.2, 0.25) is 0 Å². The van der Waals surface area contributed by atoms with Crippen molar-refractivity contribution in [3.8, 4) is 40.2 Å². The smallest absolute Gasteiger partial charge is 0.320 e. The molecule has 1 fully saturated rings. The van der Waals surface area contributed by atoms with Crippen LogP contribution in [0, 0.1) is 25.2 Å². The van der Waals surface area contributed by atoms with Crippen molar-refractivity contribution < 1.29 is 28.8 Å². The third-order valence-electron chi connectivity index (χ3n) is 8.25. The third-order valence-corrected chi connectivity index (χ3v) is 8.25. The van der Waals surface area contributed by atoms with E-state index in [0.29, 0.717) is 51.6 Å². The molecule has 43 heavy (non-hydrogen) atoms. The van der Waals surface area contributed by atoms with Crippen LogP contribution in [-0.4, -0.2) is 48.4 Å². The minimum absolute atomic E-state index is 0.388. The Morgan fingerprint density at radius 3 is 2.65 bits per heavy atom. The highest BCUT2D eigenvalue weighted by molar-refractivity contribution is 5.73. The van der Waals surface area contributed by atoms with Crippen LogP contribution in [0.3, 0.4) is 0 Å². The summed E-state index contributed by atoms with van der Waals surface area (Å²) in [4.78, 5) is 14.0. The average Bonchev–Trinajstić information content (AvgIpc) is 3.02. The Labute approximate surface area is 253 Å². The fourth-order valence-electron chi connectivity index (χ4n) is 5.83. The predicted octanol–water partition coefficient (Wildman–Crippen LogP) is 6.83. The first-order valence-electron chi connectivity index (χ1n) is 15.2. The predicted molar refractivity (Wildman–Crippen MR) is 164 cm³/mol. The van der Waals surface area contributed by atoms with Gasteiger partial charge in [0.25, 0.3) is 0 Å². The van der Waals surface area contributed by atoms with Crippen LogP contribution in [0.15, 0.2) is 48.5 Å². The number of carboxylic acids is 1. The summed E-state index contributed by atoms with van der Waals surface area (Å²) in [6.45, 7) is 7.35. The summed E-state index contributed by atoms with van der Waals surface area (Å²) in [5.41, 5.74) is 6.31. The van der Waals surface area contributed by atoms with E-state index in [2.05, 4.69) is 37.3 Å². The highest BCUT2D eigenvalue weighted by Gasteiger charge is 2.29. The molecule has 3 aromatic carbocycles. The van der Waals surface area contributed by atoms with Crippen molar-refractivity contribution >= 4 is 5.97 Å². The largest absolute Gasteiger partial charge is 0.493 e. The molecule has 0 aliphatic carbocycles. The minimum atomic E-state index is -0.774. The zero-order valence-electron chi connectivity index (χ0n) is 25.1. The summed E-state index contributed by atoms with van der Waals surface area (Å²) >= 11 is 0. The van der Waals surface area contributed by atoms with E-state index in [1.54, 1.807) is 0 Å². The molecular formula is C35H40N2O6. The van der Waals surface area contributed by atoms with E-state index >= 15 is 0 Å². The zero-order valence-corrected chi connectivity index (χ0v) is 25.1. The number of ether oxygens (including phenoxy) is 4. The lowest BCUT2D eigenvalue weighted by atomic mass is 9.96. The van der Waals surface area contributed by atoms with Crippen molar-refractivity contribution in [3.63, 3.8) is 0 Å². The van der Waals surface area contributed by atoms with Crippen LogP contribution in [0.4, 0.5) is 0 Å². The standard InChI is InChI=1S/C35H40N2O6/c1-24-19-28(22-37-15-6-4-11-30(37)35(38)39)33(40-16-7-3-5-14-36)21-32(24)43-23-27-9-8-10-29(25(27)2)26-12-13-31-34(20-26)42-18-17-41-31/h8-10,12-13,19-21,30H,3-7,11,15-18,22-23H2,1-2H3,(H,38,39)/t30-/m0/s1. The number of nitriles is 1. The maximum absolute atomic E-state index is 11.9. The molecule has 0 unspecified atom stereocenters. The summed E-state index contributed by atoms with van der Waals surface area (Å²) in [7, 11) is 0. The maximum atomic E-state index is 11.9. The highest BCUT2D eigenvalue weighted by Crippen LogP contribution is 2.37. The first kappa shape index (κ1) is 30.2. The number of aryl methyl sites for hydroxylation is 1. The molecule has 2 heterocycles. The molecule has 8 heteroatoms. The molecule has 1 atom stereocenters. The zero-order chi connectivity index (χ0) is 30.2. The lowest BCUT2D eigenvalue weighted by molar-refractivity contribution is -0.144. The number of aliphatic carboxylic acids is 1. The normalized spacial score (nSPS) is 16.3. The van der Waals surface area contributed by atoms with Crippen molar-refractivity contribution in [2.45, 2.75) is 71.6 Å². The summed E-state index contributed by atoms with van der Waals surface area (Å²) in [5, 5.41) is 18.7. The molecule has 8 nitrogen and oxygen atoms in total.